The van der Waals surface area contributed by atoms with E-state index >= 15 is 0 Å². The number of nitrogens with one attached hydrogen (secondary N) is 1. The SMILES string of the molecule is Cc1ncc(N)cc1C(=O)Nc1ccc(F)cc1. The minimum Gasteiger partial charge on any atom is -0.397 e. The van der Waals surface area contributed by atoms with E-state index in [4.69, 9.17) is 5.73 Å². The lowest BCUT2D eigenvalue weighted by atomic mass is 10.1. The lowest BCUT2D eigenvalue weighted by Gasteiger charge is -2.07. The molecule has 2 aromatic rings. The lowest BCUT2D eigenvalue weighted by Crippen LogP contribution is -2.14. The quantitative estimate of drug-likeness (QED) is 0.853. The van der Waals surface area contributed by atoms with Gasteiger partial charge in [0.25, 0.3) is 5.91 Å². The second kappa shape index (κ2) is 4.83. The summed E-state index contributed by atoms with van der Waals surface area (Å²) in [7, 11) is 0. The third-order valence-corrected chi connectivity index (χ3v) is 2.45. The van der Waals surface area contributed by atoms with Crippen molar-refractivity contribution < 1.29 is 9.18 Å². The maximum absolute atomic E-state index is 12.7. The maximum Gasteiger partial charge on any atom is 0.257 e. The standard InChI is InChI=1S/C13H12FN3O/c1-8-12(6-10(15)7-16-8)13(18)17-11-4-2-9(14)3-5-11/h2-7H,15H2,1H3,(H,17,18). The van der Waals surface area contributed by atoms with Crippen LogP contribution in [0.3, 0.4) is 0 Å². The molecule has 1 heterocycles. The van der Waals surface area contributed by atoms with E-state index in [0.29, 0.717) is 22.6 Å². The molecular formula is C13H12FN3O. The fourth-order valence-corrected chi connectivity index (χ4v) is 1.51. The van der Waals surface area contributed by atoms with Gasteiger partial charge in [-0.15, -0.1) is 0 Å². The summed E-state index contributed by atoms with van der Waals surface area (Å²) in [5.74, 6) is -0.672. The first-order chi connectivity index (χ1) is 8.56. The van der Waals surface area contributed by atoms with Gasteiger partial charge < -0.3 is 11.1 Å². The molecule has 18 heavy (non-hydrogen) atoms. The molecule has 0 fully saturated rings. The number of nitrogens with zero attached hydrogens (tertiary/aromatic N) is 1. The largest absolute Gasteiger partial charge is 0.397 e. The van der Waals surface area contributed by atoms with E-state index in [2.05, 4.69) is 10.3 Å². The number of carbonyl (C=O) groups is 1. The van der Waals surface area contributed by atoms with Gasteiger partial charge in [0.1, 0.15) is 5.82 Å². The van der Waals surface area contributed by atoms with Crippen molar-refractivity contribution in [1.29, 1.82) is 0 Å². The van der Waals surface area contributed by atoms with Gasteiger partial charge in [0.15, 0.2) is 0 Å². The third kappa shape index (κ3) is 2.63. The van der Waals surface area contributed by atoms with Gasteiger partial charge in [0, 0.05) is 5.69 Å². The molecule has 0 saturated carbocycles. The van der Waals surface area contributed by atoms with Crippen molar-refractivity contribution in [3.05, 3.63) is 53.6 Å². The number of aryl methyl sites for hydroxylation is 1. The second-order valence-corrected chi connectivity index (χ2v) is 3.86. The number of benzene rings is 1. The monoisotopic (exact) mass is 245 g/mol. The highest BCUT2D eigenvalue weighted by Gasteiger charge is 2.10. The Bertz CT molecular complexity index is 581. The minimum absolute atomic E-state index is 0.320. The Balaban J connectivity index is 2.21. The maximum atomic E-state index is 12.7. The molecule has 1 amide bonds. The van der Waals surface area contributed by atoms with E-state index in [0.717, 1.165) is 0 Å². The number of rotatable bonds is 2. The Morgan fingerprint density at radius 1 is 1.33 bits per heavy atom. The molecule has 0 aliphatic carbocycles. The van der Waals surface area contributed by atoms with Gasteiger partial charge in [-0.05, 0) is 37.3 Å². The first-order valence-corrected chi connectivity index (χ1v) is 5.35. The second-order valence-electron chi connectivity index (χ2n) is 3.86. The Kier molecular flexibility index (Phi) is 3.23. The van der Waals surface area contributed by atoms with Gasteiger partial charge in [0.05, 0.1) is 23.1 Å². The molecule has 1 aromatic carbocycles. The van der Waals surface area contributed by atoms with Crippen molar-refractivity contribution >= 4 is 17.3 Å². The summed E-state index contributed by atoms with van der Waals surface area (Å²) in [6.45, 7) is 1.72. The summed E-state index contributed by atoms with van der Waals surface area (Å²) >= 11 is 0. The van der Waals surface area contributed by atoms with E-state index in [1.54, 1.807) is 13.0 Å². The summed E-state index contributed by atoms with van der Waals surface area (Å²) in [5, 5.41) is 2.65. The first-order valence-electron chi connectivity index (χ1n) is 5.35. The average Bonchev–Trinajstić information content (AvgIpc) is 2.35. The van der Waals surface area contributed by atoms with Crippen LogP contribution in [0.4, 0.5) is 15.8 Å². The topological polar surface area (TPSA) is 68.0 Å². The number of nitrogen functional groups attached to an aromatic ring is 1. The predicted molar refractivity (Wildman–Crippen MR) is 67.7 cm³/mol. The zero-order valence-electron chi connectivity index (χ0n) is 9.77. The minimum atomic E-state index is -0.352. The average molecular weight is 245 g/mol. The molecule has 5 heteroatoms. The predicted octanol–water partition coefficient (Wildman–Crippen LogP) is 2.36. The molecule has 0 atom stereocenters. The zero-order valence-corrected chi connectivity index (χ0v) is 9.77. The molecule has 2 rings (SSSR count). The highest BCUT2D eigenvalue weighted by molar-refractivity contribution is 6.05. The molecular weight excluding hydrogens is 233 g/mol. The van der Waals surface area contributed by atoms with Crippen molar-refractivity contribution in [2.75, 3.05) is 11.1 Å². The molecule has 3 N–H and O–H groups in total. The third-order valence-electron chi connectivity index (χ3n) is 2.45. The highest BCUT2D eigenvalue weighted by atomic mass is 19.1. The van der Waals surface area contributed by atoms with E-state index in [9.17, 15) is 9.18 Å². The number of anilines is 2. The molecule has 0 aliphatic rings. The number of halogens is 1. The van der Waals surface area contributed by atoms with Crippen LogP contribution in [0, 0.1) is 12.7 Å². The van der Waals surface area contributed by atoms with Crippen molar-refractivity contribution in [1.82, 2.24) is 4.98 Å². The van der Waals surface area contributed by atoms with Gasteiger partial charge in [-0.1, -0.05) is 0 Å². The van der Waals surface area contributed by atoms with Crippen LogP contribution in [0.5, 0.6) is 0 Å². The van der Waals surface area contributed by atoms with Gasteiger partial charge in [-0.2, -0.15) is 0 Å². The van der Waals surface area contributed by atoms with Crippen molar-refractivity contribution in [2.45, 2.75) is 6.92 Å². The highest BCUT2D eigenvalue weighted by Crippen LogP contribution is 2.14. The van der Waals surface area contributed by atoms with E-state index in [1.165, 1.54) is 30.5 Å². The van der Waals surface area contributed by atoms with Crippen LogP contribution in [0.25, 0.3) is 0 Å². The van der Waals surface area contributed by atoms with Crippen LogP contribution >= 0.6 is 0 Å². The first kappa shape index (κ1) is 12.0. The van der Waals surface area contributed by atoms with E-state index in [-0.39, 0.29) is 11.7 Å². The number of carbonyl (C=O) groups excluding carboxylic acids is 1. The van der Waals surface area contributed by atoms with Crippen molar-refractivity contribution in [2.24, 2.45) is 0 Å². The molecule has 0 bridgehead atoms. The molecule has 4 nitrogen and oxygen atoms in total. The molecule has 0 spiro atoms. The summed E-state index contributed by atoms with van der Waals surface area (Å²) in [5.41, 5.74) is 7.51. The van der Waals surface area contributed by atoms with Gasteiger partial charge in [0.2, 0.25) is 0 Å². The van der Waals surface area contributed by atoms with Crippen molar-refractivity contribution in [3.8, 4) is 0 Å². The molecule has 1 aromatic heterocycles. The van der Waals surface area contributed by atoms with E-state index < -0.39 is 0 Å². The normalized spacial score (nSPS) is 10.1. The van der Waals surface area contributed by atoms with Crippen LogP contribution in [0.15, 0.2) is 36.5 Å². The molecule has 0 aliphatic heterocycles. The molecule has 0 radical (unpaired) electrons. The number of amides is 1. The Morgan fingerprint density at radius 3 is 2.67 bits per heavy atom. The smallest absolute Gasteiger partial charge is 0.257 e. The van der Waals surface area contributed by atoms with Crippen LogP contribution in [0.1, 0.15) is 16.1 Å². The molecule has 0 unspecified atom stereocenters. The summed E-state index contributed by atoms with van der Waals surface area (Å²) in [4.78, 5) is 16.0. The summed E-state index contributed by atoms with van der Waals surface area (Å²) < 4.78 is 12.7. The number of nitrogens with two attached hydrogens (primary N) is 1. The van der Waals surface area contributed by atoms with Crippen LogP contribution < -0.4 is 11.1 Å². The Morgan fingerprint density at radius 2 is 2.00 bits per heavy atom. The van der Waals surface area contributed by atoms with Crippen LogP contribution in [0.2, 0.25) is 0 Å². The van der Waals surface area contributed by atoms with Crippen LogP contribution in [-0.4, -0.2) is 10.9 Å². The van der Waals surface area contributed by atoms with Gasteiger partial charge in [-0.25, -0.2) is 4.39 Å². The summed E-state index contributed by atoms with van der Waals surface area (Å²) in [6.07, 6.45) is 1.49. The fraction of sp³-hybridized carbons (Fsp3) is 0.0769. The summed E-state index contributed by atoms with van der Waals surface area (Å²) in [6, 6.07) is 7.09. The van der Waals surface area contributed by atoms with Crippen molar-refractivity contribution in [3.63, 3.8) is 0 Å². The zero-order chi connectivity index (χ0) is 13.1. The fourth-order valence-electron chi connectivity index (χ4n) is 1.51. The number of pyridine rings is 1. The molecule has 0 saturated heterocycles. The number of hydrogen-bond donors (Lipinski definition) is 2. The Labute approximate surface area is 104 Å². The number of aromatic nitrogens is 1. The van der Waals surface area contributed by atoms with Gasteiger partial charge in [-0.3, -0.25) is 9.78 Å². The lowest BCUT2D eigenvalue weighted by molar-refractivity contribution is 0.102. The Hall–Kier alpha value is -2.43. The number of hydrogen-bond acceptors (Lipinski definition) is 3. The van der Waals surface area contributed by atoms with Gasteiger partial charge >= 0.3 is 0 Å². The molecule has 92 valence electrons. The van der Waals surface area contributed by atoms with E-state index in [1.807, 2.05) is 0 Å². The van der Waals surface area contributed by atoms with Crippen LogP contribution in [-0.2, 0) is 0 Å².